The third-order valence-electron chi connectivity index (χ3n) is 6.04. The van der Waals surface area contributed by atoms with Gasteiger partial charge < -0.3 is 9.47 Å². The van der Waals surface area contributed by atoms with E-state index in [0.717, 1.165) is 22.0 Å². The zero-order valence-electron chi connectivity index (χ0n) is 20.3. The van der Waals surface area contributed by atoms with Crippen molar-refractivity contribution in [3.05, 3.63) is 41.3 Å². The highest BCUT2D eigenvalue weighted by molar-refractivity contribution is 5.93. The number of halogens is 3. The first-order chi connectivity index (χ1) is 17.1. The lowest BCUT2D eigenvalue weighted by molar-refractivity contribution is -0.154. The molecule has 1 aromatic carbocycles. The molecule has 1 atom stereocenters. The molecule has 1 N–H and O–H groups in total. The molecule has 5 rings (SSSR count). The Hall–Kier alpha value is -3.80. The second kappa shape index (κ2) is 9.01. The number of alkyl halides is 3. The fraction of sp³-hybridized carbons (Fsp3) is 0.375. The van der Waals surface area contributed by atoms with Crippen LogP contribution in [0.3, 0.4) is 0 Å². The number of fused-ring (bicyclic) bond motifs is 4. The van der Waals surface area contributed by atoms with Gasteiger partial charge in [-0.3, -0.25) is 14.7 Å². The number of aromatic amines is 1. The van der Waals surface area contributed by atoms with Crippen molar-refractivity contribution in [2.75, 3.05) is 20.2 Å². The Labute approximate surface area is 205 Å². The molecular formula is C24H26F3N7O2. The molecule has 0 fully saturated rings. The maximum absolute atomic E-state index is 12.9. The molecule has 2 bridgehead atoms. The average Bonchev–Trinajstić information content (AvgIpc) is 3.46. The minimum Gasteiger partial charge on any atom is -0.473 e. The summed E-state index contributed by atoms with van der Waals surface area (Å²) in [7, 11) is 5.44. The van der Waals surface area contributed by atoms with E-state index in [4.69, 9.17) is 9.47 Å². The lowest BCUT2D eigenvalue weighted by Crippen LogP contribution is -2.32. The number of rotatable bonds is 2. The van der Waals surface area contributed by atoms with Crippen LogP contribution >= 0.6 is 0 Å². The van der Waals surface area contributed by atoms with Gasteiger partial charge in [0, 0.05) is 32.6 Å². The van der Waals surface area contributed by atoms with Crippen molar-refractivity contribution in [1.82, 2.24) is 34.7 Å². The topological polar surface area (TPSA) is 86.0 Å². The Balaban J connectivity index is 1.64. The first kappa shape index (κ1) is 23.9. The van der Waals surface area contributed by atoms with E-state index in [9.17, 15) is 13.2 Å². The summed E-state index contributed by atoms with van der Waals surface area (Å²) in [6.07, 6.45) is 0.596. The second-order valence-corrected chi connectivity index (χ2v) is 9.01. The van der Waals surface area contributed by atoms with Crippen molar-refractivity contribution < 1.29 is 22.6 Å². The number of hydrogen-bond donors (Lipinski definition) is 1. The van der Waals surface area contributed by atoms with Crippen molar-refractivity contribution >= 4 is 23.1 Å². The summed E-state index contributed by atoms with van der Waals surface area (Å²) >= 11 is 0. The Bertz CT molecular complexity index is 1430. The predicted octanol–water partition coefficient (Wildman–Crippen LogP) is 4.02. The molecule has 3 aromatic heterocycles. The third kappa shape index (κ3) is 4.68. The Morgan fingerprint density at radius 1 is 1.17 bits per heavy atom. The van der Waals surface area contributed by atoms with E-state index in [2.05, 4.69) is 20.4 Å². The second-order valence-electron chi connectivity index (χ2n) is 9.01. The number of benzene rings is 1. The summed E-state index contributed by atoms with van der Waals surface area (Å²) in [6, 6.07) is 5.85. The molecule has 0 aliphatic carbocycles. The normalized spacial score (nSPS) is 17.8. The summed E-state index contributed by atoms with van der Waals surface area (Å²) in [5.41, 5.74) is 4.40. The third-order valence-corrected chi connectivity index (χ3v) is 6.04. The van der Waals surface area contributed by atoms with Gasteiger partial charge in [0.2, 0.25) is 11.8 Å². The van der Waals surface area contributed by atoms with Gasteiger partial charge in [0.15, 0.2) is 6.61 Å². The van der Waals surface area contributed by atoms with Gasteiger partial charge in [-0.15, -0.1) is 5.10 Å². The van der Waals surface area contributed by atoms with Crippen LogP contribution in [0.5, 0.6) is 11.8 Å². The molecule has 4 heterocycles. The van der Waals surface area contributed by atoms with Crippen LogP contribution in [0.4, 0.5) is 13.2 Å². The maximum Gasteiger partial charge on any atom is 0.422 e. The van der Waals surface area contributed by atoms with E-state index in [1.165, 1.54) is 0 Å². The molecule has 9 nitrogen and oxygen atoms in total. The number of likely N-dealkylation sites (N-methyl/N-ethyl adjacent to an activating group) is 1. The molecule has 0 unspecified atom stereocenters. The van der Waals surface area contributed by atoms with Crippen LogP contribution in [0, 0.1) is 0 Å². The van der Waals surface area contributed by atoms with Crippen LogP contribution < -0.4 is 9.47 Å². The summed E-state index contributed by atoms with van der Waals surface area (Å²) in [6.45, 7) is 1.51. The van der Waals surface area contributed by atoms with Crippen LogP contribution in [0.1, 0.15) is 23.9 Å². The van der Waals surface area contributed by atoms with Crippen LogP contribution in [-0.2, 0) is 20.6 Å². The van der Waals surface area contributed by atoms with Gasteiger partial charge in [-0.2, -0.15) is 23.4 Å². The summed E-state index contributed by atoms with van der Waals surface area (Å²) < 4.78 is 53.3. The highest BCUT2D eigenvalue weighted by Crippen LogP contribution is 2.34. The molecule has 0 spiro atoms. The largest absolute Gasteiger partial charge is 0.473 e. The number of aryl methyl sites for hydroxylation is 2. The Kier molecular flexibility index (Phi) is 5.99. The van der Waals surface area contributed by atoms with Gasteiger partial charge in [0.1, 0.15) is 6.10 Å². The molecule has 4 aromatic rings. The van der Waals surface area contributed by atoms with Gasteiger partial charge >= 0.3 is 6.18 Å². The Morgan fingerprint density at radius 3 is 2.75 bits per heavy atom. The fourth-order valence-corrected chi connectivity index (χ4v) is 4.40. The van der Waals surface area contributed by atoms with Crippen molar-refractivity contribution in [1.29, 1.82) is 0 Å². The van der Waals surface area contributed by atoms with Crippen molar-refractivity contribution in [2.24, 2.45) is 14.1 Å². The van der Waals surface area contributed by atoms with Crippen LogP contribution in [0.25, 0.3) is 34.2 Å². The van der Waals surface area contributed by atoms with Gasteiger partial charge in [0.25, 0.3) is 0 Å². The van der Waals surface area contributed by atoms with Crippen LogP contribution in [0.15, 0.2) is 24.4 Å². The molecule has 0 saturated heterocycles. The molecule has 0 saturated carbocycles. The summed E-state index contributed by atoms with van der Waals surface area (Å²) in [5, 5.41) is 16.9. The minimum atomic E-state index is -4.47. The summed E-state index contributed by atoms with van der Waals surface area (Å²) in [4.78, 5) is 2.02. The van der Waals surface area contributed by atoms with Gasteiger partial charge in [-0.05, 0) is 43.8 Å². The first-order valence-corrected chi connectivity index (χ1v) is 11.4. The molecule has 1 aliphatic rings. The maximum atomic E-state index is 12.9. The number of nitrogens with one attached hydrogen (secondary N) is 1. The standard InChI is InChI=1S/C24H26F3N7O2/c1-14-11-32(2)12-21-16(22(31-33(21)3)35-13-24(25,26)27)6-8-20-17-9-15(5-7-19(17)29-30-20)18-10-28-34(4)23(18)36-14/h5-10,14H,11-13H2,1-4H3,(H,29,30)/b8-6+/t14-/m0/s1. The van der Waals surface area contributed by atoms with E-state index in [1.807, 2.05) is 44.1 Å². The lowest BCUT2D eigenvalue weighted by atomic mass is 10.1. The highest BCUT2D eigenvalue weighted by Gasteiger charge is 2.30. The van der Waals surface area contributed by atoms with E-state index in [-0.39, 0.29) is 12.0 Å². The van der Waals surface area contributed by atoms with E-state index in [0.29, 0.717) is 35.9 Å². The van der Waals surface area contributed by atoms with Crippen LogP contribution in [0.2, 0.25) is 0 Å². The Morgan fingerprint density at radius 2 is 1.97 bits per heavy atom. The average molecular weight is 502 g/mol. The molecule has 12 heteroatoms. The van der Waals surface area contributed by atoms with Crippen molar-refractivity contribution in [2.45, 2.75) is 25.7 Å². The number of H-pyrrole nitrogens is 1. The number of ether oxygens (including phenoxy) is 2. The smallest absolute Gasteiger partial charge is 0.422 e. The first-order valence-electron chi connectivity index (χ1n) is 11.4. The molecule has 190 valence electrons. The fourth-order valence-electron chi connectivity index (χ4n) is 4.40. The number of hydrogen-bond acceptors (Lipinski definition) is 6. The zero-order valence-corrected chi connectivity index (χ0v) is 20.3. The highest BCUT2D eigenvalue weighted by atomic mass is 19.4. The van der Waals surface area contributed by atoms with Crippen LogP contribution in [-0.4, -0.2) is 67.1 Å². The van der Waals surface area contributed by atoms with Gasteiger partial charge in [-0.1, -0.05) is 6.07 Å². The molecule has 0 amide bonds. The van der Waals surface area contributed by atoms with Crippen molar-refractivity contribution in [3.63, 3.8) is 0 Å². The van der Waals surface area contributed by atoms with E-state index < -0.39 is 12.8 Å². The number of aromatic nitrogens is 6. The quantitative estimate of drug-likeness (QED) is 0.447. The molecular weight excluding hydrogens is 475 g/mol. The van der Waals surface area contributed by atoms with Gasteiger partial charge in [-0.25, -0.2) is 4.68 Å². The lowest BCUT2D eigenvalue weighted by Gasteiger charge is -2.23. The minimum absolute atomic E-state index is 0.0777. The number of nitrogens with zero attached hydrogens (tertiary/aromatic N) is 6. The summed E-state index contributed by atoms with van der Waals surface area (Å²) in [5.74, 6) is 0.570. The zero-order chi connectivity index (χ0) is 25.6. The van der Waals surface area contributed by atoms with E-state index in [1.54, 1.807) is 34.8 Å². The van der Waals surface area contributed by atoms with E-state index >= 15 is 0 Å². The monoisotopic (exact) mass is 501 g/mol. The van der Waals surface area contributed by atoms with Crippen molar-refractivity contribution in [3.8, 4) is 22.9 Å². The SMILES string of the molecule is C[C@H]1CN(C)Cc2c(c(OCC(F)(F)F)nn2C)/C=C/c2[nH]nc3ccc(cc23)-c2cnn(C)c2O1. The predicted molar refractivity (Wildman–Crippen MR) is 128 cm³/mol. The molecule has 1 aliphatic heterocycles. The molecule has 36 heavy (non-hydrogen) atoms. The van der Waals surface area contributed by atoms with Gasteiger partial charge in [0.05, 0.1) is 34.2 Å². The molecule has 0 radical (unpaired) electrons.